The van der Waals surface area contributed by atoms with E-state index in [0.29, 0.717) is 10.9 Å². The molecule has 1 unspecified atom stereocenters. The monoisotopic (exact) mass is 439 g/mol. The van der Waals surface area contributed by atoms with Gasteiger partial charge in [-0.05, 0) is 6.42 Å². The molecule has 0 aromatic heterocycles. The Morgan fingerprint density at radius 3 is 1.83 bits per heavy atom. The van der Waals surface area contributed by atoms with Crippen LogP contribution in [-0.2, 0) is 16.1 Å². The Labute approximate surface area is 192 Å². The molecule has 0 heterocycles. The van der Waals surface area contributed by atoms with Gasteiger partial charge in [-0.15, -0.1) is 0 Å². The van der Waals surface area contributed by atoms with E-state index in [2.05, 4.69) is 52.2 Å². The van der Waals surface area contributed by atoms with Crippen molar-refractivity contribution in [1.29, 1.82) is 0 Å². The lowest BCUT2D eigenvalue weighted by atomic mass is 10.1. The van der Waals surface area contributed by atoms with E-state index in [0.717, 1.165) is 25.8 Å². The highest BCUT2D eigenvalue weighted by Crippen LogP contribution is 2.19. The molecule has 0 radical (unpaired) electrons. The minimum Gasteiger partial charge on any atom is -1.00 e. The summed E-state index contributed by atoms with van der Waals surface area (Å²) >= 11 is 0. The summed E-state index contributed by atoms with van der Waals surface area (Å²) in [4.78, 5) is 12.3. The Hall–Kier alpha value is -1.06. The maximum Gasteiger partial charge on any atom is 0.310 e. The molecule has 0 bridgehead atoms. The van der Waals surface area contributed by atoms with Gasteiger partial charge in [0.1, 0.15) is 6.54 Å². The largest absolute Gasteiger partial charge is 1.00 e. The summed E-state index contributed by atoms with van der Waals surface area (Å²) in [7, 11) is 4.30. The topological polar surface area (TPSA) is 26.3 Å². The molecule has 0 aliphatic heterocycles. The standard InChI is InChI=1S/C26H46NO2.ClH/c1-5-7-8-9-10-11-12-13-14-15-19-22-26(28)29-25(6-2)27(3,4)23-24-20-17-16-18-21-24;/h16-18,20-21,25H,5-15,19,22-23H2,1-4H3;1H/q+1;/p-1. The quantitative estimate of drug-likeness (QED) is 0.157. The second-order valence-corrected chi connectivity index (χ2v) is 9.06. The number of unbranched alkanes of at least 4 members (excludes halogenated alkanes) is 10. The van der Waals surface area contributed by atoms with Gasteiger partial charge in [-0.25, -0.2) is 0 Å². The first kappa shape index (κ1) is 28.9. The van der Waals surface area contributed by atoms with Crippen molar-refractivity contribution in [2.45, 2.75) is 110 Å². The number of carbonyl (C=O) groups is 1. The molecule has 1 aromatic carbocycles. The van der Waals surface area contributed by atoms with Gasteiger partial charge >= 0.3 is 5.97 Å². The lowest BCUT2D eigenvalue weighted by molar-refractivity contribution is -0.947. The molecule has 4 heteroatoms. The number of nitrogens with zero attached hydrogens (tertiary/aromatic N) is 1. The SMILES string of the molecule is CCCCCCCCCCCCCC(=O)OC(CC)[N+](C)(C)Cc1ccccc1.[Cl-]. The highest BCUT2D eigenvalue weighted by molar-refractivity contribution is 5.69. The number of esters is 1. The van der Waals surface area contributed by atoms with Crippen LogP contribution in [-0.4, -0.2) is 30.8 Å². The van der Waals surface area contributed by atoms with Crippen LogP contribution in [0.15, 0.2) is 30.3 Å². The molecule has 0 N–H and O–H groups in total. The highest BCUT2D eigenvalue weighted by atomic mass is 35.5. The van der Waals surface area contributed by atoms with Crippen LogP contribution in [0.25, 0.3) is 0 Å². The molecular weight excluding hydrogens is 394 g/mol. The average molecular weight is 440 g/mol. The van der Waals surface area contributed by atoms with Gasteiger partial charge in [-0.1, -0.05) is 108 Å². The first-order valence-electron chi connectivity index (χ1n) is 12.1. The van der Waals surface area contributed by atoms with Gasteiger partial charge < -0.3 is 17.1 Å². The van der Waals surface area contributed by atoms with E-state index in [1.165, 1.54) is 63.4 Å². The Bertz CT molecular complexity index is 533. The fourth-order valence-electron chi connectivity index (χ4n) is 4.02. The molecule has 0 aliphatic carbocycles. The molecule has 30 heavy (non-hydrogen) atoms. The maximum atomic E-state index is 12.3. The van der Waals surface area contributed by atoms with Crippen molar-refractivity contribution < 1.29 is 26.4 Å². The van der Waals surface area contributed by atoms with Gasteiger partial charge in [0.05, 0.1) is 14.1 Å². The number of hydrogen-bond acceptors (Lipinski definition) is 2. The predicted octanol–water partition coefficient (Wildman–Crippen LogP) is 4.25. The summed E-state index contributed by atoms with van der Waals surface area (Å²) in [6.07, 6.45) is 15.6. The summed E-state index contributed by atoms with van der Waals surface area (Å²) in [6.45, 7) is 5.24. The zero-order valence-electron chi connectivity index (χ0n) is 20.0. The predicted molar refractivity (Wildman–Crippen MR) is 124 cm³/mol. The van der Waals surface area contributed by atoms with E-state index in [9.17, 15) is 4.79 Å². The number of hydrogen-bond donors (Lipinski definition) is 0. The van der Waals surface area contributed by atoms with E-state index in [1.54, 1.807) is 0 Å². The van der Waals surface area contributed by atoms with Gasteiger partial charge in [0.2, 0.25) is 6.23 Å². The van der Waals surface area contributed by atoms with Crippen molar-refractivity contribution in [2.75, 3.05) is 14.1 Å². The average Bonchev–Trinajstić information content (AvgIpc) is 2.70. The summed E-state index contributed by atoms with van der Waals surface area (Å²) in [5.74, 6) is -0.0352. The molecule has 0 saturated carbocycles. The molecule has 0 saturated heterocycles. The van der Waals surface area contributed by atoms with E-state index >= 15 is 0 Å². The van der Waals surface area contributed by atoms with Crippen LogP contribution in [0.4, 0.5) is 0 Å². The molecule has 0 amide bonds. The van der Waals surface area contributed by atoms with Crippen molar-refractivity contribution in [2.24, 2.45) is 0 Å². The third-order valence-corrected chi connectivity index (χ3v) is 5.81. The first-order valence-corrected chi connectivity index (χ1v) is 12.1. The van der Waals surface area contributed by atoms with E-state index in [1.807, 2.05) is 6.07 Å². The molecule has 0 aliphatic rings. The molecule has 1 aromatic rings. The van der Waals surface area contributed by atoms with Crippen LogP contribution < -0.4 is 12.4 Å². The van der Waals surface area contributed by atoms with Crippen LogP contribution in [0, 0.1) is 0 Å². The summed E-state index contributed by atoms with van der Waals surface area (Å²) in [5.41, 5.74) is 1.28. The van der Waals surface area contributed by atoms with Crippen LogP contribution in [0.1, 0.15) is 103 Å². The van der Waals surface area contributed by atoms with Crippen molar-refractivity contribution in [3.05, 3.63) is 35.9 Å². The fourth-order valence-corrected chi connectivity index (χ4v) is 4.02. The molecule has 0 spiro atoms. The van der Waals surface area contributed by atoms with Crippen LogP contribution in [0.2, 0.25) is 0 Å². The van der Waals surface area contributed by atoms with Crippen molar-refractivity contribution in [1.82, 2.24) is 0 Å². The molecule has 3 nitrogen and oxygen atoms in total. The second kappa shape index (κ2) is 17.6. The highest BCUT2D eigenvalue weighted by Gasteiger charge is 2.30. The number of ether oxygens (including phenoxy) is 1. The lowest BCUT2D eigenvalue weighted by Crippen LogP contribution is -3.00. The molecule has 1 atom stereocenters. The number of quaternary nitrogens is 1. The molecule has 174 valence electrons. The third kappa shape index (κ3) is 13.3. The maximum absolute atomic E-state index is 12.3. The van der Waals surface area contributed by atoms with E-state index in [4.69, 9.17) is 4.74 Å². The third-order valence-electron chi connectivity index (χ3n) is 5.81. The van der Waals surface area contributed by atoms with Crippen molar-refractivity contribution in [3.8, 4) is 0 Å². The minimum absolute atomic E-state index is 0. The van der Waals surface area contributed by atoms with E-state index in [-0.39, 0.29) is 24.6 Å². The van der Waals surface area contributed by atoms with Crippen LogP contribution in [0.5, 0.6) is 0 Å². The van der Waals surface area contributed by atoms with Gasteiger partial charge in [0, 0.05) is 18.4 Å². The number of carbonyl (C=O) groups excluding carboxylic acids is 1. The molecule has 0 fully saturated rings. The second-order valence-electron chi connectivity index (χ2n) is 9.06. The van der Waals surface area contributed by atoms with Crippen molar-refractivity contribution >= 4 is 5.97 Å². The molecule has 1 rings (SSSR count). The summed E-state index contributed by atoms with van der Waals surface area (Å²) in [6, 6.07) is 10.4. The zero-order valence-corrected chi connectivity index (χ0v) is 20.8. The smallest absolute Gasteiger partial charge is 0.310 e. The normalized spacial score (nSPS) is 12.3. The van der Waals surface area contributed by atoms with Crippen LogP contribution in [0.3, 0.4) is 0 Å². The summed E-state index contributed by atoms with van der Waals surface area (Å²) in [5, 5.41) is 0. The van der Waals surface area contributed by atoms with Gasteiger partial charge in [-0.3, -0.25) is 9.28 Å². The number of benzene rings is 1. The Kier molecular flexibility index (Phi) is 17.0. The Morgan fingerprint density at radius 2 is 1.33 bits per heavy atom. The Morgan fingerprint density at radius 1 is 0.833 bits per heavy atom. The van der Waals surface area contributed by atoms with Gasteiger partial charge in [-0.2, -0.15) is 0 Å². The fraction of sp³-hybridized carbons (Fsp3) is 0.731. The van der Waals surface area contributed by atoms with Crippen molar-refractivity contribution in [3.63, 3.8) is 0 Å². The van der Waals surface area contributed by atoms with Gasteiger partial charge in [0.25, 0.3) is 0 Å². The van der Waals surface area contributed by atoms with Crippen LogP contribution >= 0.6 is 0 Å². The summed E-state index contributed by atoms with van der Waals surface area (Å²) < 4.78 is 6.53. The van der Waals surface area contributed by atoms with E-state index < -0.39 is 0 Å². The molecular formula is C26H46ClNO2. The lowest BCUT2D eigenvalue weighted by Gasteiger charge is -2.36. The number of rotatable bonds is 17. The Balaban J connectivity index is 0.00000841. The van der Waals surface area contributed by atoms with Gasteiger partial charge in [0.15, 0.2) is 0 Å². The zero-order chi connectivity index (χ0) is 21.4. The minimum atomic E-state index is -0.0876. The number of halogens is 1. The first-order chi connectivity index (χ1) is 14.0.